The SMILES string of the molecule is COCCNCc1ccc(N2CC(C)OC(C)C2)c(Cl)c1. The van der Waals surface area contributed by atoms with Gasteiger partial charge in [0.05, 0.1) is 29.5 Å². The number of hydrogen-bond acceptors (Lipinski definition) is 4. The van der Waals surface area contributed by atoms with E-state index in [0.717, 1.165) is 43.5 Å². The first-order valence-electron chi connectivity index (χ1n) is 7.48. The molecule has 0 bridgehead atoms. The third-order valence-electron chi connectivity index (χ3n) is 3.58. The molecule has 0 aromatic heterocycles. The van der Waals surface area contributed by atoms with Gasteiger partial charge in [-0.2, -0.15) is 0 Å². The Labute approximate surface area is 132 Å². The van der Waals surface area contributed by atoms with Crippen LogP contribution in [0.4, 0.5) is 5.69 Å². The molecule has 5 heteroatoms. The lowest BCUT2D eigenvalue weighted by Crippen LogP contribution is -2.45. The molecule has 1 aliphatic rings. The van der Waals surface area contributed by atoms with Crippen molar-refractivity contribution in [1.82, 2.24) is 5.32 Å². The third kappa shape index (κ3) is 4.85. The lowest BCUT2D eigenvalue weighted by Gasteiger charge is -2.37. The number of nitrogens with one attached hydrogen (secondary N) is 1. The molecule has 4 nitrogen and oxygen atoms in total. The summed E-state index contributed by atoms with van der Waals surface area (Å²) in [5.41, 5.74) is 2.29. The Morgan fingerprint density at radius 3 is 2.67 bits per heavy atom. The molecule has 118 valence electrons. The smallest absolute Gasteiger partial charge is 0.0726 e. The summed E-state index contributed by atoms with van der Waals surface area (Å²) in [5.74, 6) is 0. The minimum Gasteiger partial charge on any atom is -0.383 e. The van der Waals surface area contributed by atoms with Crippen LogP contribution >= 0.6 is 11.6 Å². The zero-order valence-electron chi connectivity index (χ0n) is 13.1. The highest BCUT2D eigenvalue weighted by molar-refractivity contribution is 6.33. The van der Waals surface area contributed by atoms with Crippen molar-refractivity contribution in [3.05, 3.63) is 28.8 Å². The van der Waals surface area contributed by atoms with Crippen LogP contribution in [0.15, 0.2) is 18.2 Å². The fourth-order valence-electron chi connectivity index (χ4n) is 2.70. The molecule has 2 unspecified atom stereocenters. The monoisotopic (exact) mass is 312 g/mol. The largest absolute Gasteiger partial charge is 0.383 e. The van der Waals surface area contributed by atoms with E-state index in [1.54, 1.807) is 7.11 Å². The van der Waals surface area contributed by atoms with Gasteiger partial charge in [0.15, 0.2) is 0 Å². The maximum Gasteiger partial charge on any atom is 0.0726 e. The average Bonchev–Trinajstić information content (AvgIpc) is 2.42. The summed E-state index contributed by atoms with van der Waals surface area (Å²) in [6, 6.07) is 6.29. The van der Waals surface area contributed by atoms with E-state index in [-0.39, 0.29) is 12.2 Å². The maximum atomic E-state index is 6.46. The summed E-state index contributed by atoms with van der Waals surface area (Å²) in [5, 5.41) is 4.13. The number of hydrogen-bond donors (Lipinski definition) is 1. The number of benzene rings is 1. The zero-order chi connectivity index (χ0) is 15.2. The molecule has 1 saturated heterocycles. The quantitative estimate of drug-likeness (QED) is 0.819. The number of halogens is 1. The van der Waals surface area contributed by atoms with Crippen LogP contribution in [-0.2, 0) is 16.0 Å². The Bertz CT molecular complexity index is 446. The van der Waals surface area contributed by atoms with Crippen LogP contribution in [0, 0.1) is 0 Å². The Balaban J connectivity index is 1.98. The van der Waals surface area contributed by atoms with E-state index in [1.807, 2.05) is 6.07 Å². The van der Waals surface area contributed by atoms with Crippen molar-refractivity contribution in [2.75, 3.05) is 38.3 Å². The molecule has 1 aromatic carbocycles. The molecule has 21 heavy (non-hydrogen) atoms. The van der Waals surface area contributed by atoms with Crippen LogP contribution in [0.5, 0.6) is 0 Å². The Morgan fingerprint density at radius 1 is 1.33 bits per heavy atom. The molecular formula is C16H25ClN2O2. The van der Waals surface area contributed by atoms with Gasteiger partial charge in [-0.05, 0) is 31.5 Å². The maximum absolute atomic E-state index is 6.46. The normalized spacial score (nSPS) is 22.6. The molecule has 0 spiro atoms. The van der Waals surface area contributed by atoms with Crippen molar-refractivity contribution in [2.45, 2.75) is 32.6 Å². The van der Waals surface area contributed by atoms with Gasteiger partial charge in [0.1, 0.15) is 0 Å². The first kappa shape index (κ1) is 16.6. The van der Waals surface area contributed by atoms with E-state index in [0.29, 0.717) is 0 Å². The van der Waals surface area contributed by atoms with Crippen LogP contribution in [-0.4, -0.2) is 45.6 Å². The number of rotatable bonds is 6. The number of ether oxygens (including phenoxy) is 2. The molecule has 0 radical (unpaired) electrons. The second kappa shape index (κ2) is 7.99. The van der Waals surface area contributed by atoms with E-state index < -0.39 is 0 Å². The van der Waals surface area contributed by atoms with Crippen LogP contribution in [0.3, 0.4) is 0 Å². The summed E-state index contributed by atoms with van der Waals surface area (Å²) in [6.45, 7) is 8.34. The van der Waals surface area contributed by atoms with Gasteiger partial charge < -0.3 is 19.7 Å². The van der Waals surface area contributed by atoms with E-state index in [1.165, 1.54) is 5.56 Å². The highest BCUT2D eigenvalue weighted by Gasteiger charge is 2.23. The van der Waals surface area contributed by atoms with Crippen molar-refractivity contribution >= 4 is 17.3 Å². The fraction of sp³-hybridized carbons (Fsp3) is 0.625. The van der Waals surface area contributed by atoms with Crippen molar-refractivity contribution in [2.24, 2.45) is 0 Å². The number of nitrogens with zero attached hydrogens (tertiary/aromatic N) is 1. The average molecular weight is 313 g/mol. The Kier molecular flexibility index (Phi) is 6.30. The standard InChI is InChI=1S/C16H25ClN2O2/c1-12-10-19(11-13(2)21-12)16-5-4-14(8-15(16)17)9-18-6-7-20-3/h4-5,8,12-13,18H,6-7,9-11H2,1-3H3. The van der Waals surface area contributed by atoms with Crippen molar-refractivity contribution in [3.8, 4) is 0 Å². The predicted molar refractivity (Wildman–Crippen MR) is 87.3 cm³/mol. The third-order valence-corrected chi connectivity index (χ3v) is 3.89. The molecule has 1 heterocycles. The van der Waals surface area contributed by atoms with Gasteiger partial charge in [-0.3, -0.25) is 0 Å². The second-order valence-electron chi connectivity index (χ2n) is 5.62. The molecule has 2 rings (SSSR count). The summed E-state index contributed by atoms with van der Waals surface area (Å²) in [4.78, 5) is 2.31. The van der Waals surface area contributed by atoms with Crippen molar-refractivity contribution in [1.29, 1.82) is 0 Å². The van der Waals surface area contributed by atoms with E-state index >= 15 is 0 Å². The molecule has 1 aliphatic heterocycles. The summed E-state index contributed by atoms with van der Waals surface area (Å²) in [6.07, 6.45) is 0.473. The van der Waals surface area contributed by atoms with E-state index in [9.17, 15) is 0 Å². The van der Waals surface area contributed by atoms with Gasteiger partial charge in [0.25, 0.3) is 0 Å². The fourth-order valence-corrected chi connectivity index (χ4v) is 3.02. The topological polar surface area (TPSA) is 33.7 Å². The van der Waals surface area contributed by atoms with Gasteiger partial charge in [0.2, 0.25) is 0 Å². The van der Waals surface area contributed by atoms with Crippen LogP contribution in [0.25, 0.3) is 0 Å². The molecule has 0 aliphatic carbocycles. The van der Waals surface area contributed by atoms with E-state index in [2.05, 4.69) is 36.2 Å². The Hall–Kier alpha value is -0.810. The van der Waals surface area contributed by atoms with Crippen LogP contribution in [0.2, 0.25) is 5.02 Å². The molecule has 1 fully saturated rings. The highest BCUT2D eigenvalue weighted by atomic mass is 35.5. The first-order valence-corrected chi connectivity index (χ1v) is 7.86. The molecule has 1 aromatic rings. The second-order valence-corrected chi connectivity index (χ2v) is 6.02. The summed E-state index contributed by atoms with van der Waals surface area (Å²) < 4.78 is 10.8. The molecular weight excluding hydrogens is 288 g/mol. The van der Waals surface area contributed by atoms with Crippen molar-refractivity contribution in [3.63, 3.8) is 0 Å². The molecule has 0 saturated carbocycles. The van der Waals surface area contributed by atoms with Crippen molar-refractivity contribution < 1.29 is 9.47 Å². The molecule has 1 N–H and O–H groups in total. The summed E-state index contributed by atoms with van der Waals surface area (Å²) >= 11 is 6.46. The predicted octanol–water partition coefficient (Wildman–Crippen LogP) is 2.69. The minimum atomic E-state index is 0.236. The lowest BCUT2D eigenvalue weighted by atomic mass is 10.1. The van der Waals surface area contributed by atoms with E-state index in [4.69, 9.17) is 21.1 Å². The molecule has 2 atom stereocenters. The van der Waals surface area contributed by atoms with Gasteiger partial charge in [-0.15, -0.1) is 0 Å². The Morgan fingerprint density at radius 2 is 2.05 bits per heavy atom. The summed E-state index contributed by atoms with van der Waals surface area (Å²) in [7, 11) is 1.71. The highest BCUT2D eigenvalue weighted by Crippen LogP contribution is 2.29. The number of methoxy groups -OCH3 is 1. The van der Waals surface area contributed by atoms with Gasteiger partial charge >= 0.3 is 0 Å². The zero-order valence-corrected chi connectivity index (χ0v) is 13.8. The van der Waals surface area contributed by atoms with Crippen LogP contribution < -0.4 is 10.2 Å². The molecule has 0 amide bonds. The van der Waals surface area contributed by atoms with Gasteiger partial charge in [-0.1, -0.05) is 17.7 Å². The lowest BCUT2D eigenvalue weighted by molar-refractivity contribution is -0.00520. The van der Waals surface area contributed by atoms with Crippen LogP contribution in [0.1, 0.15) is 19.4 Å². The van der Waals surface area contributed by atoms with Gasteiger partial charge in [-0.25, -0.2) is 0 Å². The number of morpholine rings is 1. The van der Waals surface area contributed by atoms with Gasteiger partial charge in [0, 0.05) is 33.3 Å². The number of anilines is 1. The minimum absolute atomic E-state index is 0.236. The first-order chi connectivity index (χ1) is 10.1.